The van der Waals surface area contributed by atoms with Crippen LogP contribution in [0.1, 0.15) is 42.6 Å². The first kappa shape index (κ1) is 14.7. The minimum atomic E-state index is 0.158. The predicted octanol–water partition coefficient (Wildman–Crippen LogP) is 3.96. The van der Waals surface area contributed by atoms with Gasteiger partial charge in [-0.1, -0.05) is 55.1 Å². The lowest BCUT2D eigenvalue weighted by Crippen LogP contribution is -1.95. The molecule has 96 valence electrons. The van der Waals surface area contributed by atoms with Crippen LogP contribution in [0, 0.1) is 0 Å². The van der Waals surface area contributed by atoms with Gasteiger partial charge in [-0.3, -0.25) is 9.59 Å². The Hall–Kier alpha value is -1.35. The number of ketones is 1. The molecule has 0 saturated heterocycles. The molecule has 0 saturated carbocycles. The molecule has 0 unspecified atom stereocenters. The van der Waals surface area contributed by atoms with Crippen molar-refractivity contribution in [3.8, 4) is 0 Å². The number of hydrogen-bond donors (Lipinski definition) is 0. The summed E-state index contributed by atoms with van der Waals surface area (Å²) < 4.78 is 0. The van der Waals surface area contributed by atoms with Crippen LogP contribution >= 0.6 is 11.8 Å². The van der Waals surface area contributed by atoms with E-state index >= 15 is 0 Å². The average molecular weight is 262 g/mol. The minimum Gasteiger partial charge on any atom is -0.294 e. The Labute approximate surface area is 112 Å². The summed E-state index contributed by atoms with van der Waals surface area (Å²) >= 11 is 1.34. The maximum Gasteiger partial charge on any atom is 0.185 e. The number of hydrogen-bond acceptors (Lipinski definition) is 3. The van der Waals surface area contributed by atoms with E-state index in [1.165, 1.54) is 11.8 Å². The van der Waals surface area contributed by atoms with E-state index in [1.807, 2.05) is 43.3 Å². The monoisotopic (exact) mass is 262 g/mol. The number of carbonyl (C=O) groups excluding carboxylic acids is 2. The summed E-state index contributed by atoms with van der Waals surface area (Å²) in [7, 11) is 0. The molecule has 0 atom stereocenters. The van der Waals surface area contributed by atoms with Gasteiger partial charge in [0.1, 0.15) is 0 Å². The molecule has 0 spiro atoms. The number of Topliss-reactive ketones (excluding diaryl/α,β-unsaturated/α-hetero) is 1. The highest BCUT2D eigenvalue weighted by atomic mass is 32.2. The predicted molar refractivity (Wildman–Crippen MR) is 77.9 cm³/mol. The standard InChI is InChI=1S/C15H18O2S/c1-3-15(17)14-9-7-13(8-10-14)6-4-5-11-18-12(2)16/h4,6-10H,3,5,11H2,1-2H3. The Morgan fingerprint density at radius 2 is 1.89 bits per heavy atom. The smallest absolute Gasteiger partial charge is 0.185 e. The molecule has 2 nitrogen and oxygen atoms in total. The van der Waals surface area contributed by atoms with E-state index in [1.54, 1.807) is 6.92 Å². The zero-order valence-electron chi connectivity index (χ0n) is 10.8. The molecule has 3 heteroatoms. The fraction of sp³-hybridized carbons (Fsp3) is 0.333. The number of benzene rings is 1. The maximum absolute atomic E-state index is 11.4. The topological polar surface area (TPSA) is 34.1 Å². The third-order valence-corrected chi connectivity index (χ3v) is 3.30. The molecule has 0 bridgehead atoms. The molecule has 1 aromatic rings. The van der Waals surface area contributed by atoms with Crippen molar-refractivity contribution >= 4 is 28.7 Å². The SMILES string of the molecule is CCC(=O)c1ccc(C=CCCSC(C)=O)cc1. The Bertz CT molecular complexity index is 432. The highest BCUT2D eigenvalue weighted by Crippen LogP contribution is 2.10. The Kier molecular flexibility index (Phi) is 6.44. The van der Waals surface area contributed by atoms with Gasteiger partial charge in [0.25, 0.3) is 0 Å². The lowest BCUT2D eigenvalue weighted by Gasteiger charge is -1.98. The van der Waals surface area contributed by atoms with Crippen LogP contribution in [0.25, 0.3) is 6.08 Å². The van der Waals surface area contributed by atoms with E-state index < -0.39 is 0 Å². The summed E-state index contributed by atoms with van der Waals surface area (Å²) in [5, 5.41) is 0.158. The van der Waals surface area contributed by atoms with Gasteiger partial charge >= 0.3 is 0 Å². The average Bonchev–Trinajstić information content (AvgIpc) is 2.38. The van der Waals surface area contributed by atoms with Crippen LogP contribution in [0.4, 0.5) is 0 Å². The molecular formula is C15H18O2S. The summed E-state index contributed by atoms with van der Waals surface area (Å²) in [4.78, 5) is 22.1. The second-order valence-electron chi connectivity index (χ2n) is 3.93. The van der Waals surface area contributed by atoms with E-state index in [-0.39, 0.29) is 10.9 Å². The molecule has 18 heavy (non-hydrogen) atoms. The van der Waals surface area contributed by atoms with Crippen molar-refractivity contribution < 1.29 is 9.59 Å². The van der Waals surface area contributed by atoms with E-state index in [9.17, 15) is 9.59 Å². The number of thioether (sulfide) groups is 1. The van der Waals surface area contributed by atoms with Crippen LogP contribution in [-0.2, 0) is 4.79 Å². The van der Waals surface area contributed by atoms with Crippen LogP contribution in [0.3, 0.4) is 0 Å². The normalized spacial score (nSPS) is 10.8. The zero-order chi connectivity index (χ0) is 13.4. The summed E-state index contributed by atoms with van der Waals surface area (Å²) in [6.07, 6.45) is 5.48. The molecule has 0 aromatic heterocycles. The molecule has 0 amide bonds. The Balaban J connectivity index is 2.45. The number of carbonyl (C=O) groups is 2. The molecule has 0 heterocycles. The molecule has 0 aliphatic rings. The summed E-state index contributed by atoms with van der Waals surface area (Å²) in [6, 6.07) is 7.60. The van der Waals surface area contributed by atoms with E-state index in [4.69, 9.17) is 0 Å². The third-order valence-electron chi connectivity index (χ3n) is 2.45. The van der Waals surface area contributed by atoms with E-state index in [0.29, 0.717) is 6.42 Å². The summed E-state index contributed by atoms with van der Waals surface area (Å²) in [5.41, 5.74) is 1.84. The van der Waals surface area contributed by atoms with Crippen molar-refractivity contribution in [1.82, 2.24) is 0 Å². The Morgan fingerprint density at radius 1 is 1.22 bits per heavy atom. The van der Waals surface area contributed by atoms with Crippen molar-refractivity contribution in [3.05, 3.63) is 41.5 Å². The van der Waals surface area contributed by atoms with Crippen LogP contribution in [0.15, 0.2) is 30.3 Å². The van der Waals surface area contributed by atoms with Gasteiger partial charge in [0, 0.05) is 24.7 Å². The molecule has 0 aliphatic carbocycles. The first-order chi connectivity index (χ1) is 8.63. The third kappa shape index (κ3) is 5.32. The summed E-state index contributed by atoms with van der Waals surface area (Å²) in [5.74, 6) is 0.987. The molecule has 0 radical (unpaired) electrons. The largest absolute Gasteiger partial charge is 0.294 e. The first-order valence-corrected chi connectivity index (χ1v) is 7.05. The van der Waals surface area contributed by atoms with E-state index in [0.717, 1.165) is 23.3 Å². The van der Waals surface area contributed by atoms with Crippen LogP contribution in [-0.4, -0.2) is 16.7 Å². The van der Waals surface area contributed by atoms with Gasteiger partial charge in [0.15, 0.2) is 10.9 Å². The van der Waals surface area contributed by atoms with E-state index in [2.05, 4.69) is 0 Å². The quantitative estimate of drug-likeness (QED) is 0.575. The van der Waals surface area contributed by atoms with Crippen molar-refractivity contribution in [2.75, 3.05) is 5.75 Å². The van der Waals surface area contributed by atoms with Gasteiger partial charge in [-0.2, -0.15) is 0 Å². The fourth-order valence-corrected chi connectivity index (χ4v) is 2.02. The molecule has 0 N–H and O–H groups in total. The molecule has 0 fully saturated rings. The fourth-order valence-electron chi connectivity index (χ4n) is 1.47. The van der Waals surface area contributed by atoms with Gasteiger partial charge in [0.05, 0.1) is 0 Å². The van der Waals surface area contributed by atoms with Crippen molar-refractivity contribution in [2.24, 2.45) is 0 Å². The second-order valence-corrected chi connectivity index (χ2v) is 5.20. The first-order valence-electron chi connectivity index (χ1n) is 6.06. The lowest BCUT2D eigenvalue weighted by atomic mass is 10.1. The molecule has 1 rings (SSSR count). The van der Waals surface area contributed by atoms with Gasteiger partial charge < -0.3 is 0 Å². The second kappa shape index (κ2) is 7.88. The van der Waals surface area contributed by atoms with Crippen molar-refractivity contribution in [3.63, 3.8) is 0 Å². The van der Waals surface area contributed by atoms with Crippen LogP contribution in [0.2, 0.25) is 0 Å². The van der Waals surface area contributed by atoms with Gasteiger partial charge in [0.2, 0.25) is 0 Å². The van der Waals surface area contributed by atoms with Crippen molar-refractivity contribution in [2.45, 2.75) is 26.7 Å². The zero-order valence-corrected chi connectivity index (χ0v) is 11.6. The molecule has 1 aromatic carbocycles. The molecular weight excluding hydrogens is 244 g/mol. The summed E-state index contributed by atoms with van der Waals surface area (Å²) in [6.45, 7) is 3.45. The minimum absolute atomic E-state index is 0.158. The Morgan fingerprint density at radius 3 is 2.44 bits per heavy atom. The van der Waals surface area contributed by atoms with Gasteiger partial charge in [-0.05, 0) is 12.0 Å². The highest BCUT2D eigenvalue weighted by Gasteiger charge is 2.00. The lowest BCUT2D eigenvalue weighted by molar-refractivity contribution is -0.109. The van der Waals surface area contributed by atoms with Crippen LogP contribution in [0.5, 0.6) is 0 Å². The number of rotatable bonds is 6. The van der Waals surface area contributed by atoms with Crippen LogP contribution < -0.4 is 0 Å². The van der Waals surface area contributed by atoms with Gasteiger partial charge in [-0.25, -0.2) is 0 Å². The maximum atomic E-state index is 11.4. The number of allylic oxidation sites excluding steroid dienone is 1. The van der Waals surface area contributed by atoms with Gasteiger partial charge in [-0.15, -0.1) is 0 Å². The highest BCUT2D eigenvalue weighted by molar-refractivity contribution is 8.13. The van der Waals surface area contributed by atoms with Crippen molar-refractivity contribution in [1.29, 1.82) is 0 Å². The molecule has 0 aliphatic heterocycles.